The van der Waals surface area contributed by atoms with Crippen LogP contribution in [-0.4, -0.2) is 6.54 Å². The number of aryl methyl sites for hydroxylation is 1. The molecule has 0 fully saturated rings. The summed E-state index contributed by atoms with van der Waals surface area (Å²) in [7, 11) is 0. The van der Waals surface area contributed by atoms with Gasteiger partial charge in [-0.15, -0.1) is 0 Å². The summed E-state index contributed by atoms with van der Waals surface area (Å²) < 4.78 is 12.9. The van der Waals surface area contributed by atoms with Gasteiger partial charge in [-0.05, 0) is 49.1 Å². The van der Waals surface area contributed by atoms with Crippen molar-refractivity contribution in [3.63, 3.8) is 0 Å². The van der Waals surface area contributed by atoms with E-state index < -0.39 is 0 Å². The minimum atomic E-state index is -0.150. The van der Waals surface area contributed by atoms with E-state index >= 15 is 0 Å². The Labute approximate surface area is 104 Å². The Balaban J connectivity index is 2.18. The average molecular weight is 237 g/mol. The molecule has 17 heavy (non-hydrogen) atoms. The van der Waals surface area contributed by atoms with Crippen LogP contribution in [0.5, 0.6) is 0 Å². The highest BCUT2D eigenvalue weighted by Crippen LogP contribution is 2.10. The van der Waals surface area contributed by atoms with Gasteiger partial charge in [-0.25, -0.2) is 4.39 Å². The van der Waals surface area contributed by atoms with Gasteiger partial charge in [0.05, 0.1) is 0 Å². The molecule has 0 radical (unpaired) electrons. The van der Waals surface area contributed by atoms with E-state index in [1.54, 1.807) is 6.07 Å². The van der Waals surface area contributed by atoms with Crippen LogP contribution in [0.15, 0.2) is 18.2 Å². The summed E-state index contributed by atoms with van der Waals surface area (Å²) in [5.74, 6) is 0.650. The lowest BCUT2D eigenvalue weighted by atomic mass is 10.1. The van der Waals surface area contributed by atoms with Crippen LogP contribution >= 0.6 is 0 Å². The van der Waals surface area contributed by atoms with Crippen LogP contribution < -0.4 is 5.32 Å². The second-order valence-electron chi connectivity index (χ2n) is 5.14. The lowest BCUT2D eigenvalue weighted by molar-refractivity contribution is 0.520. The highest BCUT2D eigenvalue weighted by Gasteiger charge is 1.99. The summed E-state index contributed by atoms with van der Waals surface area (Å²) in [6.45, 7) is 8.36. The first-order valence-corrected chi connectivity index (χ1v) is 6.55. The Morgan fingerprint density at radius 1 is 1.24 bits per heavy atom. The predicted molar refractivity (Wildman–Crippen MR) is 71.5 cm³/mol. The first-order chi connectivity index (χ1) is 8.09. The van der Waals surface area contributed by atoms with E-state index in [1.165, 1.54) is 30.9 Å². The van der Waals surface area contributed by atoms with Gasteiger partial charge in [-0.3, -0.25) is 0 Å². The van der Waals surface area contributed by atoms with Crippen LogP contribution in [0.4, 0.5) is 4.39 Å². The topological polar surface area (TPSA) is 12.0 Å². The van der Waals surface area contributed by atoms with Crippen LogP contribution in [0.2, 0.25) is 0 Å². The van der Waals surface area contributed by atoms with E-state index in [2.05, 4.69) is 19.2 Å². The van der Waals surface area contributed by atoms with Gasteiger partial charge in [0.2, 0.25) is 0 Å². The second-order valence-corrected chi connectivity index (χ2v) is 5.14. The maximum Gasteiger partial charge on any atom is 0.123 e. The van der Waals surface area contributed by atoms with Gasteiger partial charge in [-0.1, -0.05) is 32.8 Å². The minimum Gasteiger partial charge on any atom is -0.313 e. The van der Waals surface area contributed by atoms with E-state index in [0.717, 1.165) is 24.6 Å². The summed E-state index contributed by atoms with van der Waals surface area (Å²) in [6, 6.07) is 4.99. The van der Waals surface area contributed by atoms with Crippen molar-refractivity contribution in [3.05, 3.63) is 35.1 Å². The molecule has 0 saturated carbocycles. The van der Waals surface area contributed by atoms with E-state index in [-0.39, 0.29) is 5.82 Å². The smallest absolute Gasteiger partial charge is 0.123 e. The number of halogens is 1. The maximum atomic E-state index is 12.9. The van der Waals surface area contributed by atoms with Crippen LogP contribution in [-0.2, 0) is 6.54 Å². The van der Waals surface area contributed by atoms with Gasteiger partial charge in [0.1, 0.15) is 5.82 Å². The molecule has 0 unspecified atom stereocenters. The fraction of sp³-hybridized carbons (Fsp3) is 0.600. The lowest BCUT2D eigenvalue weighted by Gasteiger charge is -2.08. The predicted octanol–water partition coefficient (Wildman–Crippen LogP) is 4.05. The molecule has 1 nitrogen and oxygen atoms in total. The largest absolute Gasteiger partial charge is 0.313 e. The van der Waals surface area contributed by atoms with Gasteiger partial charge in [-0.2, -0.15) is 0 Å². The summed E-state index contributed by atoms with van der Waals surface area (Å²) in [5.41, 5.74) is 2.22. The van der Waals surface area contributed by atoms with E-state index in [9.17, 15) is 4.39 Å². The van der Waals surface area contributed by atoms with Gasteiger partial charge in [0.25, 0.3) is 0 Å². The standard InChI is InChI=1S/C15H24FN/c1-12(2)6-4-5-9-17-11-14-7-8-15(16)10-13(14)3/h7-8,10,12,17H,4-6,9,11H2,1-3H3. The molecule has 1 N–H and O–H groups in total. The monoisotopic (exact) mass is 237 g/mol. The molecular formula is C15H24FN. The Hall–Kier alpha value is -0.890. The molecule has 1 aromatic rings. The molecule has 0 amide bonds. The second kappa shape index (κ2) is 7.44. The Morgan fingerprint density at radius 3 is 2.65 bits per heavy atom. The molecule has 96 valence electrons. The average Bonchev–Trinajstić information content (AvgIpc) is 2.25. The van der Waals surface area contributed by atoms with Crippen molar-refractivity contribution in [1.82, 2.24) is 5.32 Å². The maximum absolute atomic E-state index is 12.9. The molecule has 0 aromatic heterocycles. The molecule has 0 saturated heterocycles. The van der Waals surface area contributed by atoms with Crippen molar-refractivity contribution < 1.29 is 4.39 Å². The van der Waals surface area contributed by atoms with E-state index in [4.69, 9.17) is 0 Å². The van der Waals surface area contributed by atoms with Crippen molar-refractivity contribution in [2.24, 2.45) is 5.92 Å². The number of hydrogen-bond acceptors (Lipinski definition) is 1. The summed E-state index contributed by atoms with van der Waals surface area (Å²) in [6.07, 6.45) is 3.81. The third-order valence-electron chi connectivity index (χ3n) is 3.01. The van der Waals surface area contributed by atoms with E-state index in [1.807, 2.05) is 13.0 Å². The normalized spacial score (nSPS) is 11.1. The van der Waals surface area contributed by atoms with Crippen LogP contribution in [0, 0.1) is 18.7 Å². The molecule has 0 bridgehead atoms. The molecule has 0 aliphatic heterocycles. The Morgan fingerprint density at radius 2 is 2.00 bits per heavy atom. The van der Waals surface area contributed by atoms with Gasteiger partial charge >= 0.3 is 0 Å². The first kappa shape index (κ1) is 14.2. The molecule has 1 aromatic carbocycles. The zero-order valence-corrected chi connectivity index (χ0v) is 11.2. The molecule has 0 spiro atoms. The SMILES string of the molecule is Cc1cc(F)ccc1CNCCCCC(C)C. The zero-order chi connectivity index (χ0) is 12.7. The Kier molecular flexibility index (Phi) is 6.20. The Bertz CT molecular complexity index is 334. The fourth-order valence-corrected chi connectivity index (χ4v) is 1.88. The van der Waals surface area contributed by atoms with Crippen molar-refractivity contribution in [1.29, 1.82) is 0 Å². The quantitative estimate of drug-likeness (QED) is 0.705. The number of rotatable bonds is 7. The molecule has 0 aliphatic carbocycles. The summed E-state index contributed by atoms with van der Waals surface area (Å²) in [4.78, 5) is 0. The third kappa shape index (κ3) is 5.83. The third-order valence-corrected chi connectivity index (χ3v) is 3.01. The minimum absolute atomic E-state index is 0.150. The molecular weight excluding hydrogens is 213 g/mol. The highest BCUT2D eigenvalue weighted by molar-refractivity contribution is 5.26. The molecule has 2 heteroatoms. The van der Waals surface area contributed by atoms with E-state index in [0.29, 0.717) is 0 Å². The first-order valence-electron chi connectivity index (χ1n) is 6.55. The van der Waals surface area contributed by atoms with Gasteiger partial charge in [0.15, 0.2) is 0 Å². The van der Waals surface area contributed by atoms with Gasteiger partial charge in [0, 0.05) is 6.54 Å². The van der Waals surface area contributed by atoms with Gasteiger partial charge < -0.3 is 5.32 Å². The van der Waals surface area contributed by atoms with Crippen molar-refractivity contribution in [2.45, 2.75) is 46.6 Å². The molecule has 0 aliphatic rings. The number of benzene rings is 1. The van der Waals surface area contributed by atoms with Crippen LogP contribution in [0.1, 0.15) is 44.2 Å². The lowest BCUT2D eigenvalue weighted by Crippen LogP contribution is -2.15. The van der Waals surface area contributed by atoms with Crippen molar-refractivity contribution >= 4 is 0 Å². The molecule has 1 rings (SSSR count). The number of unbranched alkanes of at least 4 members (excludes halogenated alkanes) is 1. The zero-order valence-electron chi connectivity index (χ0n) is 11.2. The number of nitrogens with one attached hydrogen (secondary N) is 1. The summed E-state index contributed by atoms with van der Waals surface area (Å²) >= 11 is 0. The van der Waals surface area contributed by atoms with Crippen molar-refractivity contribution in [3.8, 4) is 0 Å². The van der Waals surface area contributed by atoms with Crippen LogP contribution in [0.25, 0.3) is 0 Å². The molecule has 0 heterocycles. The number of hydrogen-bond donors (Lipinski definition) is 1. The fourth-order valence-electron chi connectivity index (χ4n) is 1.88. The van der Waals surface area contributed by atoms with Crippen molar-refractivity contribution in [2.75, 3.05) is 6.54 Å². The highest BCUT2D eigenvalue weighted by atomic mass is 19.1. The van der Waals surface area contributed by atoms with Crippen LogP contribution in [0.3, 0.4) is 0 Å². The summed E-state index contributed by atoms with van der Waals surface area (Å²) in [5, 5.41) is 3.41. The molecule has 0 atom stereocenters.